The minimum absolute atomic E-state index is 0.0161. The molecule has 0 bridgehead atoms. The van der Waals surface area contributed by atoms with Crippen LogP contribution in [0.5, 0.6) is 0 Å². The number of ether oxygens (including phenoxy) is 1. The molecule has 24 heavy (non-hydrogen) atoms. The molecule has 3 heterocycles. The number of hydrogen-bond donors (Lipinski definition) is 1. The predicted molar refractivity (Wildman–Crippen MR) is 91.0 cm³/mol. The van der Waals surface area contributed by atoms with Crippen molar-refractivity contribution in [2.75, 3.05) is 13.7 Å². The van der Waals surface area contributed by atoms with Crippen LogP contribution in [0.1, 0.15) is 36.0 Å². The van der Waals surface area contributed by atoms with Gasteiger partial charge in [-0.15, -0.1) is 0 Å². The van der Waals surface area contributed by atoms with E-state index < -0.39 is 0 Å². The van der Waals surface area contributed by atoms with Crippen molar-refractivity contribution in [2.45, 2.75) is 25.9 Å². The van der Waals surface area contributed by atoms with Crippen molar-refractivity contribution >= 4 is 0 Å². The Morgan fingerprint density at radius 1 is 1.29 bits per heavy atom. The minimum atomic E-state index is -0.0161. The van der Waals surface area contributed by atoms with Crippen LogP contribution < -0.4 is 5.32 Å². The third-order valence-electron chi connectivity index (χ3n) is 4.05. The van der Waals surface area contributed by atoms with Gasteiger partial charge in [0.2, 0.25) is 0 Å². The third-order valence-corrected chi connectivity index (χ3v) is 4.05. The molecule has 0 spiro atoms. The number of nitrogens with zero attached hydrogens (tertiary/aromatic N) is 3. The molecular weight excluding hydrogens is 304 g/mol. The summed E-state index contributed by atoms with van der Waals surface area (Å²) in [7, 11) is 1.69. The Morgan fingerprint density at radius 2 is 2.17 bits per heavy atom. The summed E-state index contributed by atoms with van der Waals surface area (Å²) in [4.78, 5) is 4.36. The van der Waals surface area contributed by atoms with Gasteiger partial charge in [0.25, 0.3) is 0 Å². The summed E-state index contributed by atoms with van der Waals surface area (Å²) < 4.78 is 12.7. The predicted octanol–water partition coefficient (Wildman–Crippen LogP) is 3.21. The lowest BCUT2D eigenvalue weighted by molar-refractivity contribution is 0.152. The van der Waals surface area contributed by atoms with Gasteiger partial charge in [-0.1, -0.05) is 6.07 Å². The molecule has 2 atom stereocenters. The fraction of sp³-hybridized carbons (Fsp3) is 0.333. The Hall–Kier alpha value is -2.44. The molecule has 0 aliphatic heterocycles. The molecule has 3 aromatic rings. The summed E-state index contributed by atoms with van der Waals surface area (Å²) in [5.74, 6) is 1.67. The van der Waals surface area contributed by atoms with E-state index in [4.69, 9.17) is 9.15 Å². The molecule has 0 aromatic carbocycles. The lowest BCUT2D eigenvalue weighted by Gasteiger charge is -2.21. The molecule has 0 unspecified atom stereocenters. The average Bonchev–Trinajstić information content (AvgIpc) is 3.25. The summed E-state index contributed by atoms with van der Waals surface area (Å²) in [6.07, 6.45) is 5.33. The molecule has 126 valence electrons. The Labute approximate surface area is 141 Å². The topological polar surface area (TPSA) is 65.1 Å². The first-order chi connectivity index (χ1) is 11.7. The smallest absolute Gasteiger partial charge is 0.153 e. The summed E-state index contributed by atoms with van der Waals surface area (Å²) in [5.41, 5.74) is 2.18. The maximum absolute atomic E-state index is 5.52. The molecule has 3 aromatic heterocycles. The highest BCUT2D eigenvalue weighted by Crippen LogP contribution is 2.23. The molecular formula is C18H22N4O2. The number of hydrogen-bond acceptors (Lipinski definition) is 5. The van der Waals surface area contributed by atoms with Crippen LogP contribution in [-0.4, -0.2) is 28.5 Å². The van der Waals surface area contributed by atoms with Gasteiger partial charge >= 0.3 is 0 Å². The Kier molecular flexibility index (Phi) is 5.08. The Bertz CT molecular complexity index is 753. The maximum atomic E-state index is 5.52. The average molecular weight is 326 g/mol. The lowest BCUT2D eigenvalue weighted by atomic mass is 10.1. The van der Waals surface area contributed by atoms with Crippen LogP contribution in [0.3, 0.4) is 0 Å². The summed E-state index contributed by atoms with van der Waals surface area (Å²) >= 11 is 0. The molecule has 0 aliphatic rings. The van der Waals surface area contributed by atoms with Gasteiger partial charge < -0.3 is 9.15 Å². The zero-order valence-electron chi connectivity index (χ0n) is 14.1. The largest absolute Gasteiger partial charge is 0.468 e. The third kappa shape index (κ3) is 3.39. The molecule has 6 nitrogen and oxygen atoms in total. The number of rotatable bonds is 7. The van der Waals surface area contributed by atoms with Crippen LogP contribution >= 0.6 is 0 Å². The van der Waals surface area contributed by atoms with Crippen molar-refractivity contribution in [2.24, 2.45) is 0 Å². The van der Waals surface area contributed by atoms with Gasteiger partial charge in [0.1, 0.15) is 5.76 Å². The number of pyridine rings is 1. The number of methoxy groups -OCH3 is 1. The molecule has 0 fully saturated rings. The Morgan fingerprint density at radius 3 is 2.83 bits per heavy atom. The van der Waals surface area contributed by atoms with Gasteiger partial charge in [-0.05, 0) is 38.1 Å². The molecule has 0 aliphatic carbocycles. The molecule has 0 radical (unpaired) electrons. The van der Waals surface area contributed by atoms with E-state index in [1.54, 1.807) is 19.6 Å². The van der Waals surface area contributed by atoms with Crippen LogP contribution in [0.25, 0.3) is 5.82 Å². The van der Waals surface area contributed by atoms with Crippen molar-refractivity contribution < 1.29 is 9.15 Å². The molecule has 1 N–H and O–H groups in total. The normalized spacial score (nSPS) is 13.8. The van der Waals surface area contributed by atoms with Crippen molar-refractivity contribution in [1.82, 2.24) is 20.1 Å². The van der Waals surface area contributed by atoms with Gasteiger partial charge in [0.15, 0.2) is 5.82 Å². The van der Waals surface area contributed by atoms with Crippen LogP contribution in [0.2, 0.25) is 0 Å². The first kappa shape index (κ1) is 16.4. The van der Waals surface area contributed by atoms with Gasteiger partial charge in [0, 0.05) is 30.6 Å². The standard InChI is InChI=1S/C18H22N4O2/c1-13(21-16(12-23-3)17-7-6-10-24-17)15-11-20-22(14(15)2)18-8-4-5-9-19-18/h4-11,13,16,21H,12H2,1-3H3/t13-,16-/m1/s1. The molecule has 3 rings (SSSR count). The van der Waals surface area contributed by atoms with E-state index in [1.807, 2.05) is 48.1 Å². The number of nitrogens with one attached hydrogen (secondary N) is 1. The highest BCUT2D eigenvalue weighted by Gasteiger charge is 2.21. The van der Waals surface area contributed by atoms with E-state index >= 15 is 0 Å². The lowest BCUT2D eigenvalue weighted by Crippen LogP contribution is -2.28. The first-order valence-electron chi connectivity index (χ1n) is 7.95. The van der Waals surface area contributed by atoms with Crippen LogP contribution in [0, 0.1) is 6.92 Å². The quantitative estimate of drug-likeness (QED) is 0.722. The molecule has 0 saturated carbocycles. The minimum Gasteiger partial charge on any atom is -0.468 e. The van der Waals surface area contributed by atoms with Gasteiger partial charge in [-0.25, -0.2) is 9.67 Å². The van der Waals surface area contributed by atoms with E-state index in [2.05, 4.69) is 22.3 Å². The Balaban J connectivity index is 1.80. The second-order valence-corrected chi connectivity index (χ2v) is 5.70. The zero-order valence-corrected chi connectivity index (χ0v) is 14.1. The van der Waals surface area contributed by atoms with Crippen molar-refractivity contribution in [3.05, 3.63) is 66.0 Å². The van der Waals surface area contributed by atoms with Crippen LogP contribution in [0.15, 0.2) is 53.4 Å². The summed E-state index contributed by atoms with van der Waals surface area (Å²) in [6, 6.07) is 9.70. The highest BCUT2D eigenvalue weighted by molar-refractivity contribution is 5.29. The van der Waals surface area contributed by atoms with E-state index in [1.165, 1.54) is 0 Å². The van der Waals surface area contributed by atoms with Crippen molar-refractivity contribution in [3.8, 4) is 5.82 Å². The second kappa shape index (κ2) is 7.42. The van der Waals surface area contributed by atoms with E-state index in [-0.39, 0.29) is 12.1 Å². The fourth-order valence-corrected chi connectivity index (χ4v) is 2.82. The first-order valence-corrected chi connectivity index (χ1v) is 7.95. The van der Waals surface area contributed by atoms with Crippen molar-refractivity contribution in [1.29, 1.82) is 0 Å². The SMILES string of the molecule is COC[C@@H](N[C@H](C)c1cnn(-c2ccccn2)c1C)c1ccco1. The van der Waals surface area contributed by atoms with Crippen LogP contribution in [0.4, 0.5) is 0 Å². The van der Waals surface area contributed by atoms with Gasteiger partial charge in [-0.3, -0.25) is 5.32 Å². The summed E-state index contributed by atoms with van der Waals surface area (Å²) in [5, 5.41) is 8.03. The molecule has 6 heteroatoms. The molecule has 0 saturated heterocycles. The maximum Gasteiger partial charge on any atom is 0.153 e. The number of aromatic nitrogens is 3. The van der Waals surface area contributed by atoms with Gasteiger partial charge in [0.05, 0.1) is 25.1 Å². The molecule has 0 amide bonds. The zero-order chi connectivity index (χ0) is 16.9. The van der Waals surface area contributed by atoms with E-state index in [9.17, 15) is 0 Å². The van der Waals surface area contributed by atoms with Gasteiger partial charge in [-0.2, -0.15) is 5.10 Å². The highest BCUT2D eigenvalue weighted by atomic mass is 16.5. The fourth-order valence-electron chi connectivity index (χ4n) is 2.82. The van der Waals surface area contributed by atoms with Crippen LogP contribution in [-0.2, 0) is 4.74 Å². The monoisotopic (exact) mass is 326 g/mol. The van der Waals surface area contributed by atoms with E-state index in [0.29, 0.717) is 6.61 Å². The summed E-state index contributed by atoms with van der Waals surface area (Å²) in [6.45, 7) is 4.69. The number of furan rings is 1. The van der Waals surface area contributed by atoms with E-state index in [0.717, 1.165) is 22.8 Å². The van der Waals surface area contributed by atoms with Crippen molar-refractivity contribution in [3.63, 3.8) is 0 Å². The second-order valence-electron chi connectivity index (χ2n) is 5.70.